The topological polar surface area (TPSA) is 69.7 Å². The summed E-state index contributed by atoms with van der Waals surface area (Å²) in [6.45, 7) is 4.10. The van der Waals surface area contributed by atoms with Crippen molar-refractivity contribution in [1.29, 1.82) is 0 Å². The normalized spacial score (nSPS) is 8.88. The fraction of sp³-hybridized carbons (Fsp3) is 0.700. The molecule has 0 aliphatic carbocycles. The van der Waals surface area contributed by atoms with Crippen molar-refractivity contribution in [3.63, 3.8) is 0 Å². The van der Waals surface area contributed by atoms with Gasteiger partial charge >= 0.3 is 41.5 Å². The number of rotatable bonds is 7. The van der Waals surface area contributed by atoms with Crippen molar-refractivity contribution in [2.24, 2.45) is 0 Å². The van der Waals surface area contributed by atoms with Gasteiger partial charge in [-0.15, -0.1) is 0 Å². The Labute approximate surface area is 117 Å². The Morgan fingerprint density at radius 2 is 1.44 bits per heavy atom. The van der Waals surface area contributed by atoms with E-state index in [-0.39, 0.29) is 42.8 Å². The molecule has 0 aromatic carbocycles. The van der Waals surface area contributed by atoms with Crippen LogP contribution in [0.15, 0.2) is 0 Å². The number of Topliss-reactive ketones (excluding diaryl/α,β-unsaturated/α-hetero) is 1. The SMILES string of the molecule is CCCOC(=O)CC(=O)C(=O)OCCC.[NaH]. The predicted octanol–water partition coefficient (Wildman–Crippen LogP) is 0.203. The molecule has 0 saturated carbocycles. The van der Waals surface area contributed by atoms with Crippen LogP contribution in [-0.2, 0) is 23.9 Å². The van der Waals surface area contributed by atoms with Crippen LogP contribution in [0.5, 0.6) is 0 Å². The number of hydrogen-bond donors (Lipinski definition) is 0. The fourth-order valence-corrected chi connectivity index (χ4v) is 0.745. The van der Waals surface area contributed by atoms with Gasteiger partial charge in [0.2, 0.25) is 0 Å². The average molecular weight is 240 g/mol. The van der Waals surface area contributed by atoms with Crippen LogP contribution in [0.25, 0.3) is 0 Å². The molecule has 0 rings (SSSR count). The second-order valence-electron chi connectivity index (χ2n) is 2.96. The summed E-state index contributed by atoms with van der Waals surface area (Å²) in [5.74, 6) is -2.51. The Balaban J connectivity index is 0. The number of ether oxygens (including phenoxy) is 2. The summed E-state index contributed by atoms with van der Waals surface area (Å²) in [6.07, 6.45) is 0.780. The van der Waals surface area contributed by atoms with Crippen molar-refractivity contribution in [1.82, 2.24) is 0 Å². The molecule has 0 aromatic rings. The first kappa shape index (κ1) is 18.0. The van der Waals surface area contributed by atoms with E-state index in [0.717, 1.165) is 0 Å². The molecule has 0 spiro atoms. The van der Waals surface area contributed by atoms with Gasteiger partial charge in [0, 0.05) is 0 Å². The predicted molar refractivity (Wildman–Crippen MR) is 59.3 cm³/mol. The molecule has 0 aromatic heterocycles. The third kappa shape index (κ3) is 8.88. The molecule has 0 atom stereocenters. The van der Waals surface area contributed by atoms with E-state index in [1.54, 1.807) is 0 Å². The molecule has 0 radical (unpaired) electrons. The molecule has 0 heterocycles. The maximum absolute atomic E-state index is 11.0. The first-order valence-electron chi connectivity index (χ1n) is 4.97. The van der Waals surface area contributed by atoms with Gasteiger partial charge in [-0.3, -0.25) is 9.59 Å². The summed E-state index contributed by atoms with van der Waals surface area (Å²) in [7, 11) is 0. The van der Waals surface area contributed by atoms with Crippen molar-refractivity contribution in [3.05, 3.63) is 0 Å². The molecule has 88 valence electrons. The number of carbonyl (C=O) groups is 3. The number of hydrogen-bond acceptors (Lipinski definition) is 5. The van der Waals surface area contributed by atoms with Gasteiger partial charge in [0.05, 0.1) is 13.2 Å². The monoisotopic (exact) mass is 240 g/mol. The molecular weight excluding hydrogens is 223 g/mol. The zero-order valence-corrected chi connectivity index (χ0v) is 9.08. The quantitative estimate of drug-likeness (QED) is 0.275. The molecule has 0 bridgehead atoms. The minimum atomic E-state index is -0.967. The molecule has 0 aliphatic heterocycles. The Hall–Kier alpha value is -0.390. The zero-order chi connectivity index (χ0) is 11.7. The van der Waals surface area contributed by atoms with Crippen LogP contribution in [0.2, 0.25) is 0 Å². The van der Waals surface area contributed by atoms with E-state index < -0.39 is 24.1 Å². The minimum absolute atomic E-state index is 0. The van der Waals surface area contributed by atoms with E-state index in [9.17, 15) is 14.4 Å². The standard InChI is InChI=1S/C10H16O5.Na.H/c1-3-5-14-9(12)7-8(11)10(13)15-6-4-2;;/h3-7H2,1-2H3;;. The van der Waals surface area contributed by atoms with Crippen LogP contribution in [0.3, 0.4) is 0 Å². The Bertz CT molecular complexity index is 239. The van der Waals surface area contributed by atoms with E-state index in [1.165, 1.54) is 0 Å². The molecule has 0 unspecified atom stereocenters. The van der Waals surface area contributed by atoms with Crippen LogP contribution >= 0.6 is 0 Å². The van der Waals surface area contributed by atoms with E-state index in [4.69, 9.17) is 0 Å². The number of carbonyl (C=O) groups excluding carboxylic acids is 3. The average Bonchev–Trinajstić information content (AvgIpc) is 2.22. The summed E-state index contributed by atoms with van der Waals surface area (Å²) in [5, 5.41) is 0. The van der Waals surface area contributed by atoms with Crippen LogP contribution in [0.1, 0.15) is 33.1 Å². The Morgan fingerprint density at radius 1 is 0.938 bits per heavy atom. The molecule has 0 aliphatic rings. The third-order valence-corrected chi connectivity index (χ3v) is 1.44. The summed E-state index contributed by atoms with van der Waals surface area (Å²) >= 11 is 0. The Morgan fingerprint density at radius 3 is 1.94 bits per heavy atom. The van der Waals surface area contributed by atoms with E-state index in [0.29, 0.717) is 12.8 Å². The molecule has 0 saturated heterocycles. The Kier molecular flexibility index (Phi) is 12.5. The first-order valence-corrected chi connectivity index (χ1v) is 4.97. The van der Waals surface area contributed by atoms with Gasteiger partial charge < -0.3 is 9.47 Å². The van der Waals surface area contributed by atoms with Crippen molar-refractivity contribution in [2.45, 2.75) is 33.1 Å². The zero-order valence-electron chi connectivity index (χ0n) is 9.08. The van der Waals surface area contributed by atoms with E-state index >= 15 is 0 Å². The molecule has 0 N–H and O–H groups in total. The van der Waals surface area contributed by atoms with Gasteiger partial charge in [-0.1, -0.05) is 13.8 Å². The van der Waals surface area contributed by atoms with E-state index in [2.05, 4.69) is 9.47 Å². The van der Waals surface area contributed by atoms with Gasteiger partial charge in [-0.05, 0) is 12.8 Å². The number of ketones is 1. The van der Waals surface area contributed by atoms with Crippen LogP contribution in [-0.4, -0.2) is 60.5 Å². The van der Waals surface area contributed by atoms with E-state index in [1.807, 2.05) is 13.8 Å². The second kappa shape index (κ2) is 11.1. The summed E-state index contributed by atoms with van der Waals surface area (Å²) < 4.78 is 9.21. The van der Waals surface area contributed by atoms with Crippen molar-refractivity contribution in [3.8, 4) is 0 Å². The second-order valence-corrected chi connectivity index (χ2v) is 2.96. The van der Waals surface area contributed by atoms with Gasteiger partial charge in [0.1, 0.15) is 6.42 Å². The van der Waals surface area contributed by atoms with Gasteiger partial charge in [-0.2, -0.15) is 0 Å². The summed E-state index contributed by atoms with van der Waals surface area (Å²) in [6, 6.07) is 0. The van der Waals surface area contributed by atoms with Crippen molar-refractivity contribution >= 4 is 47.3 Å². The van der Waals surface area contributed by atoms with Gasteiger partial charge in [0.25, 0.3) is 5.78 Å². The number of esters is 2. The van der Waals surface area contributed by atoms with Crippen LogP contribution in [0, 0.1) is 0 Å². The summed E-state index contributed by atoms with van der Waals surface area (Å²) in [5.41, 5.74) is 0. The van der Waals surface area contributed by atoms with Crippen LogP contribution in [0.4, 0.5) is 0 Å². The molecule has 0 amide bonds. The van der Waals surface area contributed by atoms with Crippen molar-refractivity contribution in [2.75, 3.05) is 13.2 Å². The third-order valence-electron chi connectivity index (χ3n) is 1.44. The van der Waals surface area contributed by atoms with Crippen LogP contribution < -0.4 is 0 Å². The molecule has 16 heavy (non-hydrogen) atoms. The molecule has 0 fully saturated rings. The molecule has 6 heteroatoms. The van der Waals surface area contributed by atoms with Crippen molar-refractivity contribution < 1.29 is 23.9 Å². The van der Waals surface area contributed by atoms with Gasteiger partial charge in [-0.25, -0.2) is 4.79 Å². The fourth-order valence-electron chi connectivity index (χ4n) is 0.745. The first-order chi connectivity index (χ1) is 7.11. The summed E-state index contributed by atoms with van der Waals surface area (Å²) in [4.78, 5) is 32.9. The maximum atomic E-state index is 11.0. The van der Waals surface area contributed by atoms with Gasteiger partial charge in [0.15, 0.2) is 0 Å². The molecule has 5 nitrogen and oxygen atoms in total. The molecular formula is C10H17NaO5.